The average Bonchev–Trinajstić information content (AvgIpc) is 2.65. The molecule has 0 bridgehead atoms. The van der Waals surface area contributed by atoms with Crippen LogP contribution in [-0.4, -0.2) is 36.4 Å². The summed E-state index contributed by atoms with van der Waals surface area (Å²) in [7, 11) is 1.51. The van der Waals surface area contributed by atoms with Crippen molar-refractivity contribution in [3.05, 3.63) is 64.9 Å². The van der Waals surface area contributed by atoms with Gasteiger partial charge in [-0.1, -0.05) is 23.7 Å². The topological polar surface area (TPSA) is 58.6 Å². The van der Waals surface area contributed by atoms with E-state index in [9.17, 15) is 14.0 Å². The third kappa shape index (κ3) is 5.46. The molecule has 0 aliphatic rings. The lowest BCUT2D eigenvalue weighted by Crippen LogP contribution is -2.48. The van der Waals surface area contributed by atoms with Crippen LogP contribution in [0.2, 0.25) is 5.02 Å². The number of amides is 2. The van der Waals surface area contributed by atoms with Gasteiger partial charge in [-0.05, 0) is 48.9 Å². The highest BCUT2D eigenvalue weighted by Crippen LogP contribution is 2.15. The van der Waals surface area contributed by atoms with E-state index >= 15 is 0 Å². The van der Waals surface area contributed by atoms with Gasteiger partial charge in [-0.3, -0.25) is 9.59 Å². The third-order valence-electron chi connectivity index (χ3n) is 3.86. The fraction of sp³-hybridized carbons (Fsp3) is 0.263. The number of benzene rings is 2. The van der Waals surface area contributed by atoms with Gasteiger partial charge in [0.15, 0.2) is 6.61 Å². The lowest BCUT2D eigenvalue weighted by Gasteiger charge is -2.28. The lowest BCUT2D eigenvalue weighted by molar-refractivity contribution is -0.142. The number of nitrogens with zero attached hydrogens (tertiary/aromatic N) is 1. The van der Waals surface area contributed by atoms with Crippen LogP contribution in [0.15, 0.2) is 48.5 Å². The van der Waals surface area contributed by atoms with Crippen molar-refractivity contribution in [2.24, 2.45) is 0 Å². The molecule has 2 aromatic rings. The Morgan fingerprint density at radius 2 is 1.77 bits per heavy atom. The highest BCUT2D eigenvalue weighted by molar-refractivity contribution is 6.30. The van der Waals surface area contributed by atoms with Gasteiger partial charge in [-0.15, -0.1) is 0 Å². The van der Waals surface area contributed by atoms with Crippen LogP contribution in [0.25, 0.3) is 0 Å². The third-order valence-corrected chi connectivity index (χ3v) is 4.11. The average molecular weight is 379 g/mol. The number of rotatable bonds is 7. The van der Waals surface area contributed by atoms with Crippen molar-refractivity contribution in [3.8, 4) is 5.75 Å². The molecule has 7 heteroatoms. The van der Waals surface area contributed by atoms with E-state index in [0.717, 1.165) is 5.56 Å². The molecule has 0 radical (unpaired) electrons. The Hall–Kier alpha value is -2.60. The molecule has 0 aliphatic heterocycles. The lowest BCUT2D eigenvalue weighted by atomic mass is 10.1. The van der Waals surface area contributed by atoms with E-state index in [4.69, 9.17) is 16.3 Å². The maximum absolute atomic E-state index is 12.9. The molecular formula is C19H20ClFN2O3. The molecule has 0 aromatic heterocycles. The van der Waals surface area contributed by atoms with Crippen LogP contribution in [0, 0.1) is 5.82 Å². The summed E-state index contributed by atoms with van der Waals surface area (Å²) in [5.74, 6) is -0.658. The minimum Gasteiger partial charge on any atom is -0.484 e. The molecule has 0 heterocycles. The van der Waals surface area contributed by atoms with E-state index in [1.807, 2.05) is 0 Å². The predicted molar refractivity (Wildman–Crippen MR) is 97.4 cm³/mol. The van der Waals surface area contributed by atoms with Crippen LogP contribution in [0.4, 0.5) is 4.39 Å². The largest absolute Gasteiger partial charge is 0.484 e. The summed E-state index contributed by atoms with van der Waals surface area (Å²) >= 11 is 5.88. The highest BCUT2D eigenvalue weighted by Gasteiger charge is 2.25. The van der Waals surface area contributed by atoms with Gasteiger partial charge >= 0.3 is 0 Å². The van der Waals surface area contributed by atoms with Gasteiger partial charge in [-0.25, -0.2) is 4.39 Å². The van der Waals surface area contributed by atoms with E-state index in [2.05, 4.69) is 5.32 Å². The number of halogens is 2. The van der Waals surface area contributed by atoms with Gasteiger partial charge in [0.25, 0.3) is 5.91 Å². The zero-order valence-corrected chi connectivity index (χ0v) is 15.3. The fourth-order valence-corrected chi connectivity index (χ4v) is 2.46. The van der Waals surface area contributed by atoms with E-state index in [1.165, 1.54) is 36.2 Å². The van der Waals surface area contributed by atoms with Gasteiger partial charge in [0.1, 0.15) is 17.6 Å². The Morgan fingerprint density at radius 3 is 2.35 bits per heavy atom. The molecule has 26 heavy (non-hydrogen) atoms. The molecule has 0 saturated heterocycles. The van der Waals surface area contributed by atoms with Crippen LogP contribution in [0.3, 0.4) is 0 Å². The van der Waals surface area contributed by atoms with Crippen LogP contribution in [0.5, 0.6) is 5.75 Å². The quantitative estimate of drug-likeness (QED) is 0.805. The fourth-order valence-electron chi connectivity index (χ4n) is 2.34. The number of nitrogens with one attached hydrogen (secondary N) is 1. The minimum atomic E-state index is -0.681. The van der Waals surface area contributed by atoms with Crippen molar-refractivity contribution < 1.29 is 18.7 Å². The number of hydrogen-bond acceptors (Lipinski definition) is 3. The summed E-state index contributed by atoms with van der Waals surface area (Å²) in [6.45, 7) is 1.61. The van der Waals surface area contributed by atoms with Crippen LogP contribution in [-0.2, 0) is 16.1 Å². The minimum absolute atomic E-state index is 0.233. The molecule has 5 nitrogen and oxygen atoms in total. The van der Waals surface area contributed by atoms with Crippen molar-refractivity contribution in [2.75, 3.05) is 13.7 Å². The highest BCUT2D eigenvalue weighted by atomic mass is 35.5. The molecule has 2 rings (SSSR count). The predicted octanol–water partition coefficient (Wildman–Crippen LogP) is 3.02. The monoisotopic (exact) mass is 378 g/mol. The normalized spacial score (nSPS) is 11.5. The Bertz CT molecular complexity index is 750. The summed E-state index contributed by atoms with van der Waals surface area (Å²) in [6.07, 6.45) is 0. The van der Waals surface area contributed by atoms with Crippen molar-refractivity contribution >= 4 is 23.4 Å². The van der Waals surface area contributed by atoms with Gasteiger partial charge in [0.2, 0.25) is 5.91 Å². The van der Waals surface area contributed by atoms with Gasteiger partial charge in [-0.2, -0.15) is 0 Å². The molecular weight excluding hydrogens is 359 g/mol. The Balaban J connectivity index is 2.10. The molecule has 2 amide bonds. The second kappa shape index (κ2) is 9.20. The van der Waals surface area contributed by atoms with Crippen LogP contribution < -0.4 is 10.1 Å². The van der Waals surface area contributed by atoms with E-state index in [1.54, 1.807) is 31.2 Å². The summed E-state index contributed by atoms with van der Waals surface area (Å²) in [5, 5.41) is 3.13. The second-order valence-corrected chi connectivity index (χ2v) is 6.12. The van der Waals surface area contributed by atoms with Crippen molar-refractivity contribution in [2.45, 2.75) is 19.5 Å². The molecule has 2 aromatic carbocycles. The molecule has 1 N–H and O–H groups in total. The standard InChI is InChI=1S/C19H20ClFN2O3/c1-13(19(25)22-2)23(11-14-3-5-15(20)6-4-14)18(24)12-26-17-9-7-16(21)8-10-17/h3-10,13H,11-12H2,1-2H3,(H,22,25). The molecule has 1 atom stereocenters. The van der Waals surface area contributed by atoms with Crippen molar-refractivity contribution in [3.63, 3.8) is 0 Å². The Kier molecular flexibility index (Phi) is 6.97. The first-order valence-electron chi connectivity index (χ1n) is 8.04. The van der Waals surface area contributed by atoms with Gasteiger partial charge in [0, 0.05) is 18.6 Å². The first-order chi connectivity index (χ1) is 12.4. The van der Waals surface area contributed by atoms with E-state index < -0.39 is 6.04 Å². The van der Waals surface area contributed by atoms with Gasteiger partial charge < -0.3 is 15.0 Å². The zero-order valence-electron chi connectivity index (χ0n) is 14.5. The first kappa shape index (κ1) is 19.7. The number of carbonyl (C=O) groups excluding carboxylic acids is 2. The summed E-state index contributed by atoms with van der Waals surface area (Å²) < 4.78 is 18.3. The maximum atomic E-state index is 12.9. The van der Waals surface area contributed by atoms with Crippen molar-refractivity contribution in [1.82, 2.24) is 10.2 Å². The molecule has 0 aliphatic carbocycles. The van der Waals surface area contributed by atoms with Gasteiger partial charge in [0.05, 0.1) is 0 Å². The smallest absolute Gasteiger partial charge is 0.261 e. The SMILES string of the molecule is CNC(=O)C(C)N(Cc1ccc(Cl)cc1)C(=O)COc1ccc(F)cc1. The molecule has 0 fully saturated rings. The van der Waals surface area contributed by atoms with Crippen molar-refractivity contribution in [1.29, 1.82) is 0 Å². The van der Waals surface area contributed by atoms with E-state index in [-0.39, 0.29) is 30.8 Å². The molecule has 0 spiro atoms. The number of hydrogen-bond donors (Lipinski definition) is 1. The second-order valence-electron chi connectivity index (χ2n) is 5.68. The first-order valence-corrected chi connectivity index (χ1v) is 8.42. The summed E-state index contributed by atoms with van der Waals surface area (Å²) in [6, 6.07) is 11.7. The maximum Gasteiger partial charge on any atom is 0.261 e. The van der Waals surface area contributed by atoms with Crippen LogP contribution >= 0.6 is 11.6 Å². The summed E-state index contributed by atoms with van der Waals surface area (Å²) in [4.78, 5) is 26.1. The Labute approximate surface area is 156 Å². The molecule has 138 valence electrons. The molecule has 1 unspecified atom stereocenters. The van der Waals surface area contributed by atoms with E-state index in [0.29, 0.717) is 10.8 Å². The number of likely N-dealkylation sites (N-methyl/N-ethyl adjacent to an activating group) is 1. The Morgan fingerprint density at radius 1 is 1.15 bits per heavy atom. The van der Waals surface area contributed by atoms with Crippen LogP contribution in [0.1, 0.15) is 12.5 Å². The zero-order chi connectivity index (χ0) is 19.1. The molecule has 0 saturated carbocycles. The number of ether oxygens (including phenoxy) is 1. The summed E-state index contributed by atoms with van der Waals surface area (Å²) in [5.41, 5.74) is 0.834. The number of carbonyl (C=O) groups is 2.